The highest BCUT2D eigenvalue weighted by atomic mass is 32.1. The molecule has 2 aliphatic rings. The summed E-state index contributed by atoms with van der Waals surface area (Å²) in [4.78, 5) is 17.2. The molecular formula is C12H17N3OS. The minimum Gasteiger partial charge on any atom is -0.327 e. The molecular weight excluding hydrogens is 234 g/mol. The van der Waals surface area contributed by atoms with Crippen molar-refractivity contribution in [3.8, 4) is 0 Å². The second-order valence-electron chi connectivity index (χ2n) is 5.12. The van der Waals surface area contributed by atoms with E-state index in [9.17, 15) is 4.79 Å². The number of amides is 1. The highest BCUT2D eigenvalue weighted by molar-refractivity contribution is 7.07. The molecule has 0 radical (unpaired) electrons. The van der Waals surface area contributed by atoms with E-state index in [-0.39, 0.29) is 11.8 Å². The lowest BCUT2D eigenvalue weighted by molar-refractivity contribution is -0.120. The Balaban J connectivity index is 1.75. The molecule has 1 atom stereocenters. The Hall–Kier alpha value is -0.940. The van der Waals surface area contributed by atoms with Crippen molar-refractivity contribution < 1.29 is 4.79 Å². The molecule has 1 spiro atoms. The summed E-state index contributed by atoms with van der Waals surface area (Å²) in [6.07, 6.45) is 5.25. The molecule has 1 aromatic rings. The van der Waals surface area contributed by atoms with Gasteiger partial charge in [-0.15, -0.1) is 11.3 Å². The zero-order chi connectivity index (χ0) is 11.9. The first-order chi connectivity index (χ1) is 8.21. The fraction of sp³-hybridized carbons (Fsp3) is 0.667. The van der Waals surface area contributed by atoms with Gasteiger partial charge in [0.05, 0.1) is 0 Å². The van der Waals surface area contributed by atoms with Gasteiger partial charge in [-0.25, -0.2) is 0 Å². The predicted octanol–water partition coefficient (Wildman–Crippen LogP) is 0.904. The van der Waals surface area contributed by atoms with Crippen molar-refractivity contribution in [1.29, 1.82) is 0 Å². The predicted molar refractivity (Wildman–Crippen MR) is 66.5 cm³/mol. The number of hydrogen-bond donors (Lipinski definition) is 1. The zero-order valence-corrected chi connectivity index (χ0v) is 10.8. The van der Waals surface area contributed by atoms with Crippen LogP contribution >= 0.6 is 11.3 Å². The van der Waals surface area contributed by atoms with Crippen LogP contribution in [0.5, 0.6) is 0 Å². The number of nitrogens with one attached hydrogen (secondary N) is 1. The van der Waals surface area contributed by atoms with Crippen molar-refractivity contribution in [1.82, 2.24) is 9.88 Å². The van der Waals surface area contributed by atoms with Gasteiger partial charge in [0.15, 0.2) is 4.80 Å². The molecule has 0 aromatic carbocycles. The summed E-state index contributed by atoms with van der Waals surface area (Å²) in [5, 5.41) is 5.31. The molecule has 1 unspecified atom stereocenters. The van der Waals surface area contributed by atoms with Crippen LogP contribution in [0.1, 0.15) is 19.3 Å². The number of carbonyl (C=O) groups is 1. The molecule has 3 rings (SSSR count). The quantitative estimate of drug-likeness (QED) is 0.806. The monoisotopic (exact) mass is 251 g/mol. The molecule has 2 heterocycles. The van der Waals surface area contributed by atoms with E-state index in [1.165, 1.54) is 11.3 Å². The number of carbonyl (C=O) groups excluding carboxylic acids is 1. The van der Waals surface area contributed by atoms with Gasteiger partial charge in [-0.2, -0.15) is 4.99 Å². The Morgan fingerprint density at radius 1 is 1.59 bits per heavy atom. The number of piperidine rings is 1. The van der Waals surface area contributed by atoms with E-state index in [0.717, 1.165) is 37.2 Å². The van der Waals surface area contributed by atoms with Crippen LogP contribution in [0.2, 0.25) is 0 Å². The van der Waals surface area contributed by atoms with Crippen LogP contribution in [0.4, 0.5) is 0 Å². The van der Waals surface area contributed by atoms with Crippen molar-refractivity contribution >= 4 is 17.2 Å². The van der Waals surface area contributed by atoms with Crippen LogP contribution < -0.4 is 10.1 Å². The lowest BCUT2D eigenvalue weighted by Crippen LogP contribution is -2.30. The Labute approximate surface area is 104 Å². The normalized spacial score (nSPS) is 27.4. The van der Waals surface area contributed by atoms with Crippen molar-refractivity contribution in [3.05, 3.63) is 16.4 Å². The lowest BCUT2D eigenvalue weighted by atomic mass is 9.92. The highest BCUT2D eigenvalue weighted by Gasteiger charge is 2.57. The molecule has 1 saturated heterocycles. The van der Waals surface area contributed by atoms with Gasteiger partial charge >= 0.3 is 0 Å². The Kier molecular flexibility index (Phi) is 2.67. The van der Waals surface area contributed by atoms with Crippen LogP contribution in [-0.4, -0.2) is 23.6 Å². The summed E-state index contributed by atoms with van der Waals surface area (Å²) in [6.45, 7) is 2.10. The maximum Gasteiger partial charge on any atom is 0.252 e. The van der Waals surface area contributed by atoms with Gasteiger partial charge in [0.25, 0.3) is 5.91 Å². The van der Waals surface area contributed by atoms with E-state index in [1.54, 1.807) is 0 Å². The molecule has 0 bridgehead atoms. The molecule has 92 valence electrons. The summed E-state index contributed by atoms with van der Waals surface area (Å²) in [6, 6.07) is 0. The average Bonchev–Trinajstić information content (AvgIpc) is 2.87. The van der Waals surface area contributed by atoms with E-state index >= 15 is 0 Å². The Morgan fingerprint density at radius 2 is 2.35 bits per heavy atom. The van der Waals surface area contributed by atoms with Crippen molar-refractivity contribution in [2.45, 2.75) is 19.3 Å². The fourth-order valence-corrected chi connectivity index (χ4v) is 3.52. The van der Waals surface area contributed by atoms with Gasteiger partial charge in [0, 0.05) is 24.5 Å². The van der Waals surface area contributed by atoms with Crippen molar-refractivity contribution in [2.24, 2.45) is 23.4 Å². The number of hydrogen-bond acceptors (Lipinski definition) is 3. The minimum absolute atomic E-state index is 0.0879. The minimum atomic E-state index is 0.0879. The molecule has 5 heteroatoms. The van der Waals surface area contributed by atoms with Crippen LogP contribution in [0.3, 0.4) is 0 Å². The first kappa shape index (κ1) is 11.2. The smallest absolute Gasteiger partial charge is 0.252 e. The van der Waals surface area contributed by atoms with Crippen LogP contribution in [0.15, 0.2) is 16.6 Å². The van der Waals surface area contributed by atoms with Gasteiger partial charge in [-0.05, 0) is 37.8 Å². The summed E-state index contributed by atoms with van der Waals surface area (Å²) in [5.74, 6) is 0.275. The lowest BCUT2D eigenvalue weighted by Gasteiger charge is -2.22. The molecule has 1 aliphatic heterocycles. The van der Waals surface area contributed by atoms with E-state index in [4.69, 9.17) is 0 Å². The van der Waals surface area contributed by atoms with Crippen LogP contribution in [0, 0.1) is 11.3 Å². The molecule has 1 amide bonds. The summed E-state index contributed by atoms with van der Waals surface area (Å²) < 4.78 is 1.90. The van der Waals surface area contributed by atoms with Crippen LogP contribution in [0.25, 0.3) is 0 Å². The van der Waals surface area contributed by atoms with Gasteiger partial charge in [0.1, 0.15) is 0 Å². The topological polar surface area (TPSA) is 46.4 Å². The van der Waals surface area contributed by atoms with Gasteiger partial charge < -0.3 is 9.88 Å². The van der Waals surface area contributed by atoms with E-state index in [2.05, 4.69) is 10.3 Å². The molecule has 1 saturated carbocycles. The second-order valence-corrected chi connectivity index (χ2v) is 5.99. The number of rotatable bonds is 1. The number of thiazole rings is 1. The molecule has 1 aromatic heterocycles. The van der Waals surface area contributed by atoms with Crippen LogP contribution in [-0.2, 0) is 11.8 Å². The summed E-state index contributed by atoms with van der Waals surface area (Å²) >= 11 is 1.52. The summed E-state index contributed by atoms with van der Waals surface area (Å²) in [5.41, 5.74) is 0.293. The first-order valence-corrected chi connectivity index (χ1v) is 6.99. The van der Waals surface area contributed by atoms with Gasteiger partial charge in [-0.1, -0.05) is 0 Å². The summed E-state index contributed by atoms with van der Waals surface area (Å²) in [7, 11) is 1.93. The number of aryl methyl sites for hydroxylation is 1. The Morgan fingerprint density at radius 3 is 3.00 bits per heavy atom. The SMILES string of the molecule is Cn1ccsc1=NC(=O)C1CC12CCNCC2. The third-order valence-corrected chi connectivity index (χ3v) is 4.90. The first-order valence-electron chi connectivity index (χ1n) is 6.11. The molecule has 1 aliphatic carbocycles. The van der Waals surface area contributed by atoms with E-state index in [0.29, 0.717) is 5.41 Å². The Bertz CT molecular complexity index is 496. The van der Waals surface area contributed by atoms with Gasteiger partial charge in [-0.3, -0.25) is 4.79 Å². The van der Waals surface area contributed by atoms with E-state index in [1.807, 2.05) is 23.2 Å². The molecule has 4 nitrogen and oxygen atoms in total. The molecule has 17 heavy (non-hydrogen) atoms. The van der Waals surface area contributed by atoms with Crippen molar-refractivity contribution in [2.75, 3.05) is 13.1 Å². The van der Waals surface area contributed by atoms with Gasteiger partial charge in [0.2, 0.25) is 0 Å². The molecule has 1 N–H and O–H groups in total. The fourth-order valence-electron chi connectivity index (χ4n) is 2.78. The van der Waals surface area contributed by atoms with Crippen molar-refractivity contribution in [3.63, 3.8) is 0 Å². The zero-order valence-electron chi connectivity index (χ0n) is 9.98. The second kappa shape index (κ2) is 4.07. The average molecular weight is 251 g/mol. The molecule has 2 fully saturated rings. The largest absolute Gasteiger partial charge is 0.327 e. The van der Waals surface area contributed by atoms with E-state index < -0.39 is 0 Å². The standard InChI is InChI=1S/C12H17N3OS/c1-15-6-7-17-11(15)14-10(16)9-8-12(9)2-4-13-5-3-12/h6-7,9,13H,2-5,8H2,1H3. The number of aromatic nitrogens is 1. The maximum atomic E-state index is 12.1. The highest BCUT2D eigenvalue weighted by Crippen LogP contribution is 2.58. The number of nitrogens with zero attached hydrogens (tertiary/aromatic N) is 2. The maximum absolute atomic E-state index is 12.1. The third-order valence-electron chi connectivity index (χ3n) is 4.05. The third kappa shape index (κ3) is 1.98.